The first-order valence-electron chi connectivity index (χ1n) is 14.0. The van der Waals surface area contributed by atoms with Crippen molar-refractivity contribution in [1.29, 1.82) is 0 Å². The molecule has 2 aliphatic heterocycles. The Labute approximate surface area is 233 Å². The fourth-order valence-electron chi connectivity index (χ4n) is 4.49. The molecule has 2 heterocycles. The molecule has 0 bridgehead atoms. The number of nitrogens with zero attached hydrogens (tertiary/aromatic N) is 1. The Morgan fingerprint density at radius 1 is 0.730 bits per heavy atom. The summed E-state index contributed by atoms with van der Waals surface area (Å²) in [5.41, 5.74) is 4.04. The molecule has 2 saturated heterocycles. The molecular formula is C32H47BrN2O2. The molecule has 5 heteroatoms. The predicted octanol–water partition coefficient (Wildman–Crippen LogP) is 7.27. The number of ketones is 2. The summed E-state index contributed by atoms with van der Waals surface area (Å²) < 4.78 is 0. The van der Waals surface area contributed by atoms with Crippen LogP contribution in [0.2, 0.25) is 0 Å². The number of Topliss-reactive ketones (excluding diaryl/α,β-unsaturated/α-hetero) is 2. The van der Waals surface area contributed by atoms with Gasteiger partial charge in [-0.3, -0.25) is 9.59 Å². The van der Waals surface area contributed by atoms with Crippen LogP contribution in [0.5, 0.6) is 0 Å². The molecule has 4 rings (SSSR count). The standard InChI is InChI=1S/C16H23NO.C11H13BrO.C5H11N/c1-13-6-8-15(9-7-13)16(18)14(2)12-17-10-4-3-5-11-17;1-8-3-5-10(6-4-8)11(13)9(2)7-12;1-2-4-6-5-3-1/h6-9,14H,3-5,10-12H2,1-2H3;3-6,9H,7H2,1-2H3;6H,1-5H2. The summed E-state index contributed by atoms with van der Waals surface area (Å²) in [7, 11) is 0. The lowest BCUT2D eigenvalue weighted by molar-refractivity contribution is 0.0883. The SMILES string of the molecule is C1CCNCC1.Cc1ccc(C(=O)C(C)CBr)cc1.Cc1ccc(C(=O)C(C)CN2CCCCC2)cc1. The Morgan fingerprint density at radius 2 is 1.16 bits per heavy atom. The van der Waals surface area contributed by atoms with Gasteiger partial charge in [-0.1, -0.05) is 102 Å². The van der Waals surface area contributed by atoms with E-state index in [2.05, 4.69) is 33.1 Å². The monoisotopic (exact) mass is 570 g/mol. The molecule has 2 aliphatic rings. The number of nitrogens with one attached hydrogen (secondary N) is 1. The predicted molar refractivity (Wildman–Crippen MR) is 160 cm³/mol. The molecule has 0 aliphatic carbocycles. The Hall–Kier alpha value is -1.82. The van der Waals surface area contributed by atoms with Crippen LogP contribution in [-0.2, 0) is 0 Å². The van der Waals surface area contributed by atoms with Gasteiger partial charge in [0.2, 0.25) is 0 Å². The van der Waals surface area contributed by atoms with Crippen molar-refractivity contribution < 1.29 is 9.59 Å². The minimum atomic E-state index is 0.0581. The molecule has 2 atom stereocenters. The fourth-order valence-corrected chi connectivity index (χ4v) is 4.78. The number of carbonyl (C=O) groups excluding carboxylic acids is 2. The number of alkyl halides is 1. The van der Waals surface area contributed by atoms with Gasteiger partial charge in [-0.2, -0.15) is 0 Å². The van der Waals surface area contributed by atoms with Crippen molar-refractivity contribution in [1.82, 2.24) is 10.2 Å². The quantitative estimate of drug-likeness (QED) is 0.281. The van der Waals surface area contributed by atoms with Crippen LogP contribution >= 0.6 is 15.9 Å². The second kappa shape index (κ2) is 17.6. The van der Waals surface area contributed by atoms with E-state index in [1.165, 1.54) is 62.7 Å². The summed E-state index contributed by atoms with van der Waals surface area (Å²) >= 11 is 3.31. The van der Waals surface area contributed by atoms with E-state index in [0.717, 1.165) is 36.1 Å². The van der Waals surface area contributed by atoms with Crippen molar-refractivity contribution in [2.45, 2.75) is 66.2 Å². The van der Waals surface area contributed by atoms with Gasteiger partial charge in [0, 0.05) is 34.8 Å². The Bertz CT molecular complexity index is 905. The smallest absolute Gasteiger partial charge is 0.166 e. The molecule has 204 valence electrons. The maximum absolute atomic E-state index is 12.3. The van der Waals surface area contributed by atoms with Gasteiger partial charge >= 0.3 is 0 Å². The molecule has 37 heavy (non-hydrogen) atoms. The molecule has 1 N–H and O–H groups in total. The summed E-state index contributed by atoms with van der Waals surface area (Å²) in [6.07, 6.45) is 8.13. The van der Waals surface area contributed by atoms with Crippen LogP contribution in [0.4, 0.5) is 0 Å². The van der Waals surface area contributed by atoms with Crippen LogP contribution in [0.1, 0.15) is 84.2 Å². The maximum atomic E-state index is 12.3. The van der Waals surface area contributed by atoms with Gasteiger partial charge in [0.15, 0.2) is 11.6 Å². The molecule has 0 aromatic heterocycles. The zero-order chi connectivity index (χ0) is 27.0. The second-order valence-electron chi connectivity index (χ2n) is 10.6. The van der Waals surface area contributed by atoms with E-state index in [-0.39, 0.29) is 23.4 Å². The zero-order valence-corrected chi connectivity index (χ0v) is 25.0. The third kappa shape index (κ3) is 12.1. The second-order valence-corrected chi connectivity index (χ2v) is 11.2. The van der Waals surface area contributed by atoms with Crippen LogP contribution in [0.25, 0.3) is 0 Å². The van der Waals surface area contributed by atoms with Gasteiger partial charge in [0.05, 0.1) is 0 Å². The Morgan fingerprint density at radius 3 is 1.54 bits per heavy atom. The molecule has 2 fully saturated rings. The van der Waals surface area contributed by atoms with Gasteiger partial charge in [-0.05, 0) is 65.7 Å². The van der Waals surface area contributed by atoms with Gasteiger partial charge in [-0.25, -0.2) is 0 Å². The summed E-state index contributed by atoms with van der Waals surface area (Å²) in [5.74, 6) is 0.644. The zero-order valence-electron chi connectivity index (χ0n) is 23.4. The van der Waals surface area contributed by atoms with Crippen molar-refractivity contribution in [3.8, 4) is 0 Å². The number of piperidine rings is 2. The van der Waals surface area contributed by atoms with E-state index in [4.69, 9.17) is 0 Å². The van der Waals surface area contributed by atoms with Crippen LogP contribution < -0.4 is 5.32 Å². The summed E-state index contributed by atoms with van der Waals surface area (Å²) in [6, 6.07) is 15.6. The van der Waals surface area contributed by atoms with E-state index in [1.807, 2.05) is 69.3 Å². The van der Waals surface area contributed by atoms with Gasteiger partial charge < -0.3 is 10.2 Å². The third-order valence-corrected chi connectivity index (χ3v) is 7.96. The van der Waals surface area contributed by atoms with Crippen LogP contribution in [-0.4, -0.2) is 54.5 Å². The van der Waals surface area contributed by atoms with E-state index in [0.29, 0.717) is 0 Å². The van der Waals surface area contributed by atoms with Crippen LogP contribution in [0, 0.1) is 25.7 Å². The highest BCUT2D eigenvalue weighted by molar-refractivity contribution is 9.09. The topological polar surface area (TPSA) is 49.4 Å². The Balaban J connectivity index is 0.000000220. The van der Waals surface area contributed by atoms with Crippen molar-refractivity contribution in [2.24, 2.45) is 11.8 Å². The minimum absolute atomic E-state index is 0.0581. The highest BCUT2D eigenvalue weighted by Crippen LogP contribution is 2.15. The summed E-state index contributed by atoms with van der Waals surface area (Å²) in [6.45, 7) is 13.8. The molecule has 0 radical (unpaired) electrons. The number of hydrogen-bond donors (Lipinski definition) is 1. The molecule has 4 nitrogen and oxygen atoms in total. The molecule has 0 spiro atoms. The van der Waals surface area contributed by atoms with Crippen LogP contribution in [0.15, 0.2) is 48.5 Å². The summed E-state index contributed by atoms with van der Waals surface area (Å²) in [5, 5.41) is 4.01. The van der Waals surface area contributed by atoms with Gasteiger partial charge in [0.25, 0.3) is 0 Å². The first-order chi connectivity index (χ1) is 17.8. The molecule has 2 aromatic rings. The first kappa shape index (κ1) is 31.4. The number of carbonyl (C=O) groups is 2. The third-order valence-electron chi connectivity index (χ3n) is 6.99. The average molecular weight is 572 g/mol. The molecular weight excluding hydrogens is 524 g/mol. The molecule has 0 saturated carbocycles. The fraction of sp³-hybridized carbons (Fsp3) is 0.562. The van der Waals surface area contributed by atoms with E-state index < -0.39 is 0 Å². The average Bonchev–Trinajstić information content (AvgIpc) is 2.95. The molecule has 2 unspecified atom stereocenters. The number of rotatable bonds is 7. The van der Waals surface area contributed by atoms with E-state index >= 15 is 0 Å². The van der Waals surface area contributed by atoms with Crippen molar-refractivity contribution in [3.05, 3.63) is 70.8 Å². The number of hydrogen-bond acceptors (Lipinski definition) is 4. The number of likely N-dealkylation sites (tertiary alicyclic amines) is 1. The maximum Gasteiger partial charge on any atom is 0.166 e. The highest BCUT2D eigenvalue weighted by Gasteiger charge is 2.19. The first-order valence-corrected chi connectivity index (χ1v) is 15.1. The van der Waals surface area contributed by atoms with Crippen molar-refractivity contribution in [2.75, 3.05) is 38.1 Å². The van der Waals surface area contributed by atoms with Gasteiger partial charge in [0.1, 0.15) is 0 Å². The van der Waals surface area contributed by atoms with Crippen molar-refractivity contribution in [3.63, 3.8) is 0 Å². The van der Waals surface area contributed by atoms with E-state index in [1.54, 1.807) is 0 Å². The van der Waals surface area contributed by atoms with Gasteiger partial charge in [-0.15, -0.1) is 0 Å². The minimum Gasteiger partial charge on any atom is -0.317 e. The number of aryl methyl sites for hydroxylation is 2. The molecule has 0 amide bonds. The lowest BCUT2D eigenvalue weighted by Crippen LogP contribution is -2.35. The lowest BCUT2D eigenvalue weighted by Gasteiger charge is -2.28. The number of halogens is 1. The molecule has 2 aromatic carbocycles. The summed E-state index contributed by atoms with van der Waals surface area (Å²) in [4.78, 5) is 26.4. The van der Waals surface area contributed by atoms with Crippen molar-refractivity contribution >= 4 is 27.5 Å². The Kier molecular flexibility index (Phi) is 15.0. The number of benzene rings is 2. The largest absolute Gasteiger partial charge is 0.317 e. The lowest BCUT2D eigenvalue weighted by atomic mass is 9.97. The van der Waals surface area contributed by atoms with Crippen LogP contribution in [0.3, 0.4) is 0 Å². The normalized spacial score (nSPS) is 17.3. The van der Waals surface area contributed by atoms with E-state index in [9.17, 15) is 9.59 Å². The highest BCUT2D eigenvalue weighted by atomic mass is 79.9.